The predicted octanol–water partition coefficient (Wildman–Crippen LogP) is 5.20. The lowest BCUT2D eigenvalue weighted by molar-refractivity contribution is 0.537. The summed E-state index contributed by atoms with van der Waals surface area (Å²) >= 11 is 7.88. The van der Waals surface area contributed by atoms with Gasteiger partial charge < -0.3 is 0 Å². The monoisotopic (exact) mass is 306 g/mol. The van der Waals surface area contributed by atoms with E-state index in [2.05, 4.69) is 61.9 Å². The van der Waals surface area contributed by atoms with Crippen molar-refractivity contribution in [1.29, 1.82) is 0 Å². The molecule has 1 aromatic heterocycles. The van der Waals surface area contributed by atoms with Gasteiger partial charge in [0.05, 0.1) is 0 Å². The summed E-state index contributed by atoms with van der Waals surface area (Å²) in [4.78, 5) is 10.3. The molecule has 0 saturated heterocycles. The van der Waals surface area contributed by atoms with Crippen molar-refractivity contribution in [2.75, 3.05) is 0 Å². The Labute approximate surface area is 130 Å². The van der Waals surface area contributed by atoms with Crippen LogP contribution in [-0.4, -0.2) is 9.97 Å². The summed E-state index contributed by atoms with van der Waals surface area (Å²) in [5.41, 5.74) is 2.08. The fourth-order valence-corrected chi connectivity index (χ4v) is 2.73. The molecule has 0 aliphatic carbocycles. The lowest BCUT2D eigenvalue weighted by Gasteiger charge is -2.18. The molecule has 106 valence electrons. The molecule has 2 nitrogen and oxygen atoms in total. The van der Waals surface area contributed by atoms with Crippen LogP contribution in [0, 0.1) is 13.8 Å². The summed E-state index contributed by atoms with van der Waals surface area (Å²) in [6.07, 6.45) is 0. The molecule has 0 N–H and O–H groups in total. The zero-order chi connectivity index (χ0) is 14.9. The Morgan fingerprint density at radius 3 is 2.15 bits per heavy atom. The Hall–Kier alpha value is -1.06. The molecule has 0 fully saturated rings. The maximum Gasteiger partial charge on any atom is 0.136 e. The molecule has 0 atom stereocenters. The molecule has 0 unspecified atom stereocenters. The van der Waals surface area contributed by atoms with E-state index >= 15 is 0 Å². The topological polar surface area (TPSA) is 25.8 Å². The van der Waals surface area contributed by atoms with Crippen LogP contribution in [0.4, 0.5) is 0 Å². The molecule has 0 aliphatic rings. The minimum Gasteiger partial charge on any atom is -0.225 e. The number of benzene rings is 1. The fraction of sp³-hybridized carbons (Fsp3) is 0.375. The third-order valence-corrected chi connectivity index (χ3v) is 4.41. The smallest absolute Gasteiger partial charge is 0.136 e. The number of rotatable bonds is 2. The second-order valence-electron chi connectivity index (χ2n) is 5.93. The highest BCUT2D eigenvalue weighted by Crippen LogP contribution is 2.33. The molecule has 0 bridgehead atoms. The van der Waals surface area contributed by atoms with Gasteiger partial charge in [-0.15, -0.1) is 0 Å². The number of aromatic nitrogens is 2. The molecular weight excluding hydrogens is 288 g/mol. The Balaban J connectivity index is 2.40. The SMILES string of the molecule is Cc1ccc(Sc2nc(C(C)(C)C)nc(Cl)c2C)cc1. The first kappa shape index (κ1) is 15.3. The Morgan fingerprint density at radius 2 is 1.60 bits per heavy atom. The normalized spacial score (nSPS) is 11.7. The van der Waals surface area contributed by atoms with Crippen LogP contribution < -0.4 is 0 Å². The van der Waals surface area contributed by atoms with Gasteiger partial charge in [-0.25, -0.2) is 9.97 Å². The average molecular weight is 307 g/mol. The lowest BCUT2D eigenvalue weighted by atomic mass is 9.96. The van der Waals surface area contributed by atoms with Crippen LogP contribution in [0.15, 0.2) is 34.2 Å². The van der Waals surface area contributed by atoms with Crippen molar-refractivity contribution in [2.45, 2.75) is 50.0 Å². The number of aryl methyl sites for hydroxylation is 1. The average Bonchev–Trinajstić information content (AvgIpc) is 2.36. The maximum atomic E-state index is 6.25. The van der Waals surface area contributed by atoms with Crippen LogP contribution in [-0.2, 0) is 5.41 Å². The van der Waals surface area contributed by atoms with Gasteiger partial charge >= 0.3 is 0 Å². The van der Waals surface area contributed by atoms with E-state index in [0.717, 1.165) is 21.3 Å². The summed E-state index contributed by atoms with van der Waals surface area (Å²) in [6.45, 7) is 10.3. The first-order valence-corrected chi connectivity index (χ1v) is 7.76. The number of nitrogens with zero attached hydrogens (tertiary/aromatic N) is 2. The molecule has 20 heavy (non-hydrogen) atoms. The van der Waals surface area contributed by atoms with E-state index in [1.54, 1.807) is 11.8 Å². The third kappa shape index (κ3) is 3.53. The highest BCUT2D eigenvalue weighted by atomic mass is 35.5. The summed E-state index contributed by atoms with van der Waals surface area (Å²) in [5, 5.41) is 1.47. The molecule has 1 aromatic carbocycles. The molecule has 0 aliphatic heterocycles. The number of hydrogen-bond acceptors (Lipinski definition) is 3. The van der Waals surface area contributed by atoms with Gasteiger partial charge in [0.15, 0.2) is 0 Å². The van der Waals surface area contributed by atoms with Crippen molar-refractivity contribution >= 4 is 23.4 Å². The van der Waals surface area contributed by atoms with Crippen LogP contribution in [0.25, 0.3) is 0 Å². The Bertz CT molecular complexity index is 616. The van der Waals surface area contributed by atoms with Gasteiger partial charge in [-0.05, 0) is 26.0 Å². The van der Waals surface area contributed by atoms with Crippen LogP contribution in [0.2, 0.25) is 5.15 Å². The summed E-state index contributed by atoms with van der Waals surface area (Å²) in [5.74, 6) is 0.780. The molecule has 0 amide bonds. The van der Waals surface area contributed by atoms with Crippen molar-refractivity contribution in [3.63, 3.8) is 0 Å². The van der Waals surface area contributed by atoms with Crippen molar-refractivity contribution in [2.24, 2.45) is 0 Å². The molecule has 2 rings (SSSR count). The molecule has 0 spiro atoms. The van der Waals surface area contributed by atoms with Gasteiger partial charge in [-0.1, -0.05) is 61.8 Å². The minimum absolute atomic E-state index is 0.111. The fourth-order valence-electron chi connectivity index (χ4n) is 1.62. The van der Waals surface area contributed by atoms with Gasteiger partial charge in [-0.3, -0.25) is 0 Å². The van der Waals surface area contributed by atoms with E-state index in [1.165, 1.54) is 5.56 Å². The Kier molecular flexibility index (Phi) is 4.40. The summed E-state index contributed by atoms with van der Waals surface area (Å²) in [6, 6.07) is 8.41. The third-order valence-electron chi connectivity index (χ3n) is 2.95. The lowest BCUT2D eigenvalue weighted by Crippen LogP contribution is -2.17. The van der Waals surface area contributed by atoms with Crippen LogP contribution in [0.5, 0.6) is 0 Å². The standard InChI is InChI=1S/C16H19ClN2S/c1-10-6-8-12(9-7-10)20-14-11(2)13(17)18-15(19-14)16(3,4)5/h6-9H,1-5H3. The second-order valence-corrected chi connectivity index (χ2v) is 7.35. The van der Waals surface area contributed by atoms with E-state index in [0.29, 0.717) is 5.15 Å². The predicted molar refractivity (Wildman–Crippen MR) is 85.8 cm³/mol. The van der Waals surface area contributed by atoms with E-state index in [9.17, 15) is 0 Å². The molecular formula is C16H19ClN2S. The second kappa shape index (κ2) is 5.74. The first-order chi connectivity index (χ1) is 9.27. The molecule has 0 radical (unpaired) electrons. The number of halogens is 1. The Morgan fingerprint density at radius 1 is 1.00 bits per heavy atom. The van der Waals surface area contributed by atoms with Crippen molar-refractivity contribution < 1.29 is 0 Å². The van der Waals surface area contributed by atoms with E-state index in [1.807, 2.05) is 6.92 Å². The molecule has 4 heteroatoms. The van der Waals surface area contributed by atoms with Crippen molar-refractivity contribution in [3.8, 4) is 0 Å². The first-order valence-electron chi connectivity index (χ1n) is 6.56. The summed E-state index contributed by atoms with van der Waals surface area (Å²) in [7, 11) is 0. The van der Waals surface area contributed by atoms with E-state index in [4.69, 9.17) is 11.6 Å². The molecule has 1 heterocycles. The van der Waals surface area contributed by atoms with E-state index in [-0.39, 0.29) is 5.41 Å². The largest absolute Gasteiger partial charge is 0.225 e. The van der Waals surface area contributed by atoms with Gasteiger partial charge in [0, 0.05) is 15.9 Å². The minimum atomic E-state index is -0.111. The van der Waals surface area contributed by atoms with Crippen LogP contribution in [0.1, 0.15) is 37.7 Å². The van der Waals surface area contributed by atoms with Crippen molar-refractivity contribution in [3.05, 3.63) is 46.4 Å². The van der Waals surface area contributed by atoms with Crippen molar-refractivity contribution in [1.82, 2.24) is 9.97 Å². The quantitative estimate of drug-likeness (QED) is 0.714. The van der Waals surface area contributed by atoms with Gasteiger partial charge in [0.25, 0.3) is 0 Å². The zero-order valence-electron chi connectivity index (χ0n) is 12.5. The van der Waals surface area contributed by atoms with Crippen LogP contribution in [0.3, 0.4) is 0 Å². The number of hydrogen-bond donors (Lipinski definition) is 0. The highest BCUT2D eigenvalue weighted by Gasteiger charge is 2.21. The highest BCUT2D eigenvalue weighted by molar-refractivity contribution is 7.99. The molecule has 0 saturated carbocycles. The molecule has 2 aromatic rings. The maximum absolute atomic E-state index is 6.25. The zero-order valence-corrected chi connectivity index (χ0v) is 14.1. The van der Waals surface area contributed by atoms with Gasteiger partial charge in [0.1, 0.15) is 16.0 Å². The van der Waals surface area contributed by atoms with Gasteiger partial charge in [-0.2, -0.15) is 0 Å². The van der Waals surface area contributed by atoms with E-state index < -0.39 is 0 Å². The summed E-state index contributed by atoms with van der Waals surface area (Å²) < 4.78 is 0. The van der Waals surface area contributed by atoms with Crippen LogP contribution >= 0.6 is 23.4 Å². The van der Waals surface area contributed by atoms with Gasteiger partial charge in [0.2, 0.25) is 0 Å².